The maximum atomic E-state index is 12.0. The molecule has 22 heavy (non-hydrogen) atoms. The van der Waals surface area contributed by atoms with E-state index < -0.39 is 0 Å². The van der Waals surface area contributed by atoms with Gasteiger partial charge in [-0.2, -0.15) is 0 Å². The Kier molecular flexibility index (Phi) is 2.63. The Bertz CT molecular complexity index is 927. The number of H-pyrrole nitrogens is 1. The minimum Gasteiger partial charge on any atom is -0.346 e. The second kappa shape index (κ2) is 4.34. The summed E-state index contributed by atoms with van der Waals surface area (Å²) in [4.78, 5) is 19.4. The van der Waals surface area contributed by atoms with Crippen LogP contribution in [0.15, 0.2) is 36.7 Å². The van der Waals surface area contributed by atoms with E-state index in [4.69, 9.17) is 11.6 Å². The van der Waals surface area contributed by atoms with Gasteiger partial charge in [-0.15, -0.1) is 0 Å². The van der Waals surface area contributed by atoms with Crippen molar-refractivity contribution in [2.75, 3.05) is 0 Å². The van der Waals surface area contributed by atoms with Gasteiger partial charge in [0.15, 0.2) is 0 Å². The zero-order valence-corrected chi connectivity index (χ0v) is 13.0. The van der Waals surface area contributed by atoms with Crippen LogP contribution < -0.4 is 5.32 Å². The summed E-state index contributed by atoms with van der Waals surface area (Å²) in [5, 5.41) is 4.58. The molecule has 1 aromatic carbocycles. The third-order valence-electron chi connectivity index (χ3n) is 4.17. The molecule has 3 aromatic rings. The fraction of sp³-hybridized carbons (Fsp3) is 0.176. The quantitative estimate of drug-likeness (QED) is 0.717. The van der Waals surface area contributed by atoms with Gasteiger partial charge in [-0.25, -0.2) is 4.98 Å². The summed E-state index contributed by atoms with van der Waals surface area (Å²) in [6.07, 6.45) is 3.55. The Balaban J connectivity index is 1.94. The molecule has 0 radical (unpaired) electrons. The van der Waals surface area contributed by atoms with Gasteiger partial charge in [0, 0.05) is 28.9 Å². The van der Waals surface area contributed by atoms with Crippen molar-refractivity contribution in [1.82, 2.24) is 15.3 Å². The first-order chi connectivity index (χ1) is 10.5. The second-order valence-corrected chi connectivity index (χ2v) is 6.53. The van der Waals surface area contributed by atoms with Gasteiger partial charge in [0.25, 0.3) is 5.91 Å². The molecule has 0 fully saturated rings. The molecular weight excluding hydrogens is 298 g/mol. The highest BCUT2D eigenvalue weighted by Gasteiger charge is 2.35. The minimum atomic E-state index is -0.357. The van der Waals surface area contributed by atoms with Crippen LogP contribution in [0.5, 0.6) is 0 Å². The number of nitrogens with one attached hydrogen (secondary N) is 2. The van der Waals surface area contributed by atoms with Crippen LogP contribution in [0, 0.1) is 0 Å². The van der Waals surface area contributed by atoms with Crippen molar-refractivity contribution in [1.29, 1.82) is 0 Å². The second-order valence-electron chi connectivity index (χ2n) is 6.09. The molecule has 5 heteroatoms. The van der Waals surface area contributed by atoms with E-state index in [-0.39, 0.29) is 11.4 Å². The number of halogens is 1. The van der Waals surface area contributed by atoms with Gasteiger partial charge in [-0.3, -0.25) is 4.79 Å². The van der Waals surface area contributed by atoms with E-state index >= 15 is 0 Å². The molecule has 1 aliphatic rings. The average Bonchev–Trinajstić information content (AvgIpc) is 2.98. The SMILES string of the molecule is CC1(C)NC(=O)c2ccc(-c3c[nH]c4ncc(Cl)cc34)cc21. The molecule has 4 nitrogen and oxygen atoms in total. The third kappa shape index (κ3) is 1.84. The lowest BCUT2D eigenvalue weighted by molar-refractivity contribution is 0.0940. The first-order valence-corrected chi connectivity index (χ1v) is 7.43. The number of hydrogen-bond acceptors (Lipinski definition) is 2. The summed E-state index contributed by atoms with van der Waals surface area (Å²) in [6.45, 7) is 4.02. The number of fused-ring (bicyclic) bond motifs is 2. The number of benzene rings is 1. The molecule has 0 saturated heterocycles. The van der Waals surface area contributed by atoms with Crippen LogP contribution in [0.3, 0.4) is 0 Å². The highest BCUT2D eigenvalue weighted by Crippen LogP contribution is 2.36. The topological polar surface area (TPSA) is 57.8 Å². The molecule has 0 spiro atoms. The molecule has 1 amide bonds. The van der Waals surface area contributed by atoms with E-state index in [0.29, 0.717) is 5.02 Å². The van der Waals surface area contributed by atoms with Gasteiger partial charge < -0.3 is 10.3 Å². The van der Waals surface area contributed by atoms with Crippen LogP contribution in [0.1, 0.15) is 29.8 Å². The van der Waals surface area contributed by atoms with E-state index in [0.717, 1.165) is 33.3 Å². The largest absolute Gasteiger partial charge is 0.346 e. The molecule has 0 saturated carbocycles. The first kappa shape index (κ1) is 13.3. The number of rotatable bonds is 1. The highest BCUT2D eigenvalue weighted by atomic mass is 35.5. The summed E-state index contributed by atoms with van der Waals surface area (Å²) in [7, 11) is 0. The van der Waals surface area contributed by atoms with Crippen molar-refractivity contribution in [2.45, 2.75) is 19.4 Å². The van der Waals surface area contributed by atoms with Gasteiger partial charge in [0.05, 0.1) is 10.6 Å². The van der Waals surface area contributed by atoms with Crippen molar-refractivity contribution in [3.05, 3.63) is 52.8 Å². The molecule has 0 bridgehead atoms. The predicted molar refractivity (Wildman–Crippen MR) is 87.0 cm³/mol. The van der Waals surface area contributed by atoms with Crippen LogP contribution in [0.25, 0.3) is 22.2 Å². The molecule has 1 aliphatic heterocycles. The minimum absolute atomic E-state index is 0.0183. The lowest BCUT2D eigenvalue weighted by Gasteiger charge is -2.19. The van der Waals surface area contributed by atoms with Gasteiger partial charge in [-0.05, 0) is 43.2 Å². The maximum absolute atomic E-state index is 12.0. The molecule has 0 atom stereocenters. The number of carbonyl (C=O) groups is 1. The maximum Gasteiger partial charge on any atom is 0.252 e. The number of aromatic amines is 1. The summed E-state index contributed by atoms with van der Waals surface area (Å²) >= 11 is 6.06. The fourth-order valence-electron chi connectivity index (χ4n) is 3.06. The van der Waals surface area contributed by atoms with Crippen molar-refractivity contribution >= 4 is 28.5 Å². The Morgan fingerprint density at radius 1 is 1.18 bits per heavy atom. The fourth-order valence-corrected chi connectivity index (χ4v) is 3.22. The Morgan fingerprint density at radius 2 is 2.00 bits per heavy atom. The third-order valence-corrected chi connectivity index (χ3v) is 4.38. The van der Waals surface area contributed by atoms with Crippen LogP contribution in [-0.4, -0.2) is 15.9 Å². The standard InChI is InChI=1S/C17H14ClN3O/c1-17(2)14-5-9(3-4-11(14)16(22)21-17)13-8-20-15-12(13)6-10(18)7-19-15/h3-8H,1-2H3,(H,19,20)(H,21,22). The lowest BCUT2D eigenvalue weighted by atomic mass is 9.91. The molecular formula is C17H14ClN3O. The number of pyridine rings is 1. The van der Waals surface area contributed by atoms with Crippen molar-refractivity contribution in [3.63, 3.8) is 0 Å². The van der Waals surface area contributed by atoms with Crippen LogP contribution in [-0.2, 0) is 5.54 Å². The molecule has 4 rings (SSSR count). The highest BCUT2D eigenvalue weighted by molar-refractivity contribution is 6.31. The summed E-state index contributed by atoms with van der Waals surface area (Å²) in [5.41, 5.74) is 4.27. The Labute approximate surface area is 132 Å². The van der Waals surface area contributed by atoms with Gasteiger partial charge in [0.2, 0.25) is 0 Å². The summed E-state index contributed by atoms with van der Waals surface area (Å²) in [6, 6.07) is 7.81. The lowest BCUT2D eigenvalue weighted by Crippen LogP contribution is -2.32. The molecule has 2 N–H and O–H groups in total. The predicted octanol–water partition coefficient (Wildman–Crippen LogP) is 3.86. The number of amides is 1. The zero-order valence-electron chi connectivity index (χ0n) is 12.2. The Hall–Kier alpha value is -2.33. The molecule has 0 unspecified atom stereocenters. The number of nitrogens with zero attached hydrogens (tertiary/aromatic N) is 1. The van der Waals surface area contributed by atoms with E-state index in [1.54, 1.807) is 6.20 Å². The average molecular weight is 312 g/mol. The number of aromatic nitrogens is 2. The van der Waals surface area contributed by atoms with Crippen molar-refractivity contribution in [2.24, 2.45) is 0 Å². The van der Waals surface area contributed by atoms with Crippen LogP contribution in [0.2, 0.25) is 5.02 Å². The molecule has 0 aliphatic carbocycles. The molecule has 3 heterocycles. The van der Waals surface area contributed by atoms with E-state index in [1.807, 2.05) is 38.2 Å². The Morgan fingerprint density at radius 3 is 2.82 bits per heavy atom. The van der Waals surface area contributed by atoms with E-state index in [2.05, 4.69) is 21.4 Å². The normalized spacial score (nSPS) is 15.9. The van der Waals surface area contributed by atoms with Gasteiger partial charge in [-0.1, -0.05) is 17.7 Å². The zero-order chi connectivity index (χ0) is 15.5. The first-order valence-electron chi connectivity index (χ1n) is 7.06. The van der Waals surface area contributed by atoms with Crippen molar-refractivity contribution < 1.29 is 4.79 Å². The van der Waals surface area contributed by atoms with Gasteiger partial charge >= 0.3 is 0 Å². The van der Waals surface area contributed by atoms with Gasteiger partial charge in [0.1, 0.15) is 5.65 Å². The summed E-state index contributed by atoms with van der Waals surface area (Å²) in [5.74, 6) is -0.0183. The molecule has 110 valence electrons. The van der Waals surface area contributed by atoms with Crippen LogP contribution >= 0.6 is 11.6 Å². The monoisotopic (exact) mass is 311 g/mol. The number of hydrogen-bond donors (Lipinski definition) is 2. The molecule has 2 aromatic heterocycles. The van der Waals surface area contributed by atoms with Crippen LogP contribution in [0.4, 0.5) is 0 Å². The smallest absolute Gasteiger partial charge is 0.252 e. The van der Waals surface area contributed by atoms with Crippen molar-refractivity contribution in [3.8, 4) is 11.1 Å². The van der Waals surface area contributed by atoms with E-state index in [9.17, 15) is 4.79 Å². The summed E-state index contributed by atoms with van der Waals surface area (Å²) < 4.78 is 0. The van der Waals surface area contributed by atoms with E-state index in [1.165, 1.54) is 0 Å². The number of carbonyl (C=O) groups excluding carboxylic acids is 1.